The molecule has 0 aliphatic heterocycles. The minimum atomic E-state index is -0.913. The highest BCUT2D eigenvalue weighted by molar-refractivity contribution is 5.87. The standard InChI is InChI=1S/C16H23NO3/c1-12-3-2-4-14(12)11-17-9-10-20-15-7-5-13(6-8-15)16(18)19/h5-8,12,14,17H,2-4,9-11H2,1H3,(H,18,19). The first kappa shape index (κ1) is 14.9. The number of nitrogens with one attached hydrogen (secondary N) is 1. The minimum Gasteiger partial charge on any atom is -0.492 e. The molecule has 2 N–H and O–H groups in total. The molecule has 0 spiro atoms. The van der Waals surface area contributed by atoms with Crippen molar-refractivity contribution in [2.75, 3.05) is 19.7 Å². The van der Waals surface area contributed by atoms with E-state index < -0.39 is 5.97 Å². The van der Waals surface area contributed by atoms with Crippen molar-refractivity contribution in [3.05, 3.63) is 29.8 Å². The quantitative estimate of drug-likeness (QED) is 0.752. The molecule has 1 aliphatic carbocycles. The average Bonchev–Trinajstić information content (AvgIpc) is 2.84. The van der Waals surface area contributed by atoms with Crippen molar-refractivity contribution >= 4 is 5.97 Å². The van der Waals surface area contributed by atoms with Crippen LogP contribution in [0.15, 0.2) is 24.3 Å². The maximum atomic E-state index is 10.7. The van der Waals surface area contributed by atoms with Crippen LogP contribution in [0.2, 0.25) is 0 Å². The molecule has 1 saturated carbocycles. The van der Waals surface area contributed by atoms with E-state index in [-0.39, 0.29) is 5.56 Å². The van der Waals surface area contributed by atoms with Gasteiger partial charge in [0, 0.05) is 6.54 Å². The monoisotopic (exact) mass is 277 g/mol. The van der Waals surface area contributed by atoms with Crippen molar-refractivity contribution < 1.29 is 14.6 Å². The van der Waals surface area contributed by atoms with Crippen molar-refractivity contribution in [3.63, 3.8) is 0 Å². The summed E-state index contributed by atoms with van der Waals surface area (Å²) in [5, 5.41) is 12.2. The van der Waals surface area contributed by atoms with Gasteiger partial charge in [-0.1, -0.05) is 19.8 Å². The summed E-state index contributed by atoms with van der Waals surface area (Å²) in [6.07, 6.45) is 4.06. The normalized spacial score (nSPS) is 21.9. The van der Waals surface area contributed by atoms with E-state index in [1.807, 2.05) is 0 Å². The zero-order chi connectivity index (χ0) is 14.4. The van der Waals surface area contributed by atoms with Gasteiger partial charge in [0.1, 0.15) is 12.4 Å². The number of benzene rings is 1. The first-order valence-electron chi connectivity index (χ1n) is 7.33. The van der Waals surface area contributed by atoms with Crippen LogP contribution in [0.3, 0.4) is 0 Å². The molecular formula is C16H23NO3. The highest BCUT2D eigenvalue weighted by atomic mass is 16.5. The van der Waals surface area contributed by atoms with Crippen LogP contribution >= 0.6 is 0 Å². The lowest BCUT2D eigenvalue weighted by molar-refractivity contribution is 0.0697. The molecule has 0 amide bonds. The van der Waals surface area contributed by atoms with Gasteiger partial charge in [-0.05, 0) is 49.1 Å². The molecule has 1 aliphatic rings. The molecule has 0 radical (unpaired) electrons. The molecule has 4 heteroatoms. The van der Waals surface area contributed by atoms with Gasteiger partial charge in [0.25, 0.3) is 0 Å². The van der Waals surface area contributed by atoms with Gasteiger partial charge in [0.05, 0.1) is 5.56 Å². The highest BCUT2D eigenvalue weighted by Crippen LogP contribution is 2.30. The van der Waals surface area contributed by atoms with Crippen molar-refractivity contribution in [3.8, 4) is 5.75 Å². The van der Waals surface area contributed by atoms with Crippen molar-refractivity contribution in [1.29, 1.82) is 0 Å². The van der Waals surface area contributed by atoms with E-state index in [9.17, 15) is 4.79 Å². The number of rotatable bonds is 7. The third-order valence-corrected chi connectivity index (χ3v) is 4.09. The predicted octanol–water partition coefficient (Wildman–Crippen LogP) is 2.79. The minimum absolute atomic E-state index is 0.283. The number of carbonyl (C=O) groups is 1. The Morgan fingerprint density at radius 1 is 1.35 bits per heavy atom. The lowest BCUT2D eigenvalue weighted by Crippen LogP contribution is -2.28. The molecule has 1 aromatic carbocycles. The Labute approximate surface area is 120 Å². The number of carboxylic acids is 1. The van der Waals surface area contributed by atoms with Gasteiger partial charge in [-0.3, -0.25) is 0 Å². The second kappa shape index (κ2) is 7.29. The summed E-state index contributed by atoms with van der Waals surface area (Å²) < 4.78 is 5.58. The molecule has 4 nitrogen and oxygen atoms in total. The molecule has 1 fully saturated rings. The lowest BCUT2D eigenvalue weighted by atomic mass is 9.98. The molecule has 110 valence electrons. The smallest absolute Gasteiger partial charge is 0.335 e. The Hall–Kier alpha value is -1.55. The van der Waals surface area contributed by atoms with Gasteiger partial charge in [0.2, 0.25) is 0 Å². The van der Waals surface area contributed by atoms with E-state index in [0.717, 1.165) is 24.9 Å². The van der Waals surface area contributed by atoms with Crippen LogP contribution in [-0.4, -0.2) is 30.8 Å². The lowest BCUT2D eigenvalue weighted by Gasteiger charge is -2.16. The van der Waals surface area contributed by atoms with E-state index in [4.69, 9.17) is 9.84 Å². The summed E-state index contributed by atoms with van der Waals surface area (Å²) in [7, 11) is 0. The molecule has 1 aromatic rings. The molecule has 0 bridgehead atoms. The topological polar surface area (TPSA) is 58.6 Å². The van der Waals surface area contributed by atoms with E-state index in [2.05, 4.69) is 12.2 Å². The van der Waals surface area contributed by atoms with Gasteiger partial charge in [0.15, 0.2) is 0 Å². The second-order valence-electron chi connectivity index (χ2n) is 5.55. The molecule has 2 atom stereocenters. The Morgan fingerprint density at radius 3 is 2.70 bits per heavy atom. The number of hydrogen-bond acceptors (Lipinski definition) is 3. The maximum Gasteiger partial charge on any atom is 0.335 e. The Bertz CT molecular complexity index is 430. The Balaban J connectivity index is 1.62. The molecule has 0 saturated heterocycles. The molecule has 20 heavy (non-hydrogen) atoms. The van der Waals surface area contributed by atoms with Crippen LogP contribution in [0.1, 0.15) is 36.5 Å². The molecule has 2 unspecified atom stereocenters. The van der Waals surface area contributed by atoms with Crippen molar-refractivity contribution in [2.45, 2.75) is 26.2 Å². The summed E-state index contributed by atoms with van der Waals surface area (Å²) in [4.78, 5) is 10.7. The van der Waals surface area contributed by atoms with E-state index in [1.54, 1.807) is 24.3 Å². The fraction of sp³-hybridized carbons (Fsp3) is 0.562. The molecule has 0 heterocycles. The third-order valence-electron chi connectivity index (χ3n) is 4.09. The maximum absolute atomic E-state index is 10.7. The fourth-order valence-electron chi connectivity index (χ4n) is 2.75. The fourth-order valence-corrected chi connectivity index (χ4v) is 2.75. The van der Waals surface area contributed by atoms with E-state index in [0.29, 0.717) is 12.4 Å². The van der Waals surface area contributed by atoms with Crippen LogP contribution in [0, 0.1) is 11.8 Å². The number of aromatic carboxylic acids is 1. The van der Waals surface area contributed by atoms with Gasteiger partial charge >= 0.3 is 5.97 Å². The van der Waals surface area contributed by atoms with Crippen LogP contribution in [0.25, 0.3) is 0 Å². The second-order valence-corrected chi connectivity index (χ2v) is 5.55. The first-order chi connectivity index (χ1) is 9.66. The Morgan fingerprint density at radius 2 is 2.10 bits per heavy atom. The first-order valence-corrected chi connectivity index (χ1v) is 7.33. The average molecular weight is 277 g/mol. The molecular weight excluding hydrogens is 254 g/mol. The van der Waals surface area contributed by atoms with E-state index in [1.165, 1.54) is 19.3 Å². The van der Waals surface area contributed by atoms with E-state index >= 15 is 0 Å². The van der Waals surface area contributed by atoms with Crippen LogP contribution in [0.4, 0.5) is 0 Å². The SMILES string of the molecule is CC1CCCC1CNCCOc1ccc(C(=O)O)cc1. The van der Waals surface area contributed by atoms with Gasteiger partial charge < -0.3 is 15.2 Å². The Kier molecular flexibility index (Phi) is 5.41. The number of hydrogen-bond donors (Lipinski definition) is 2. The van der Waals surface area contributed by atoms with Crippen molar-refractivity contribution in [2.24, 2.45) is 11.8 Å². The van der Waals surface area contributed by atoms with Crippen LogP contribution < -0.4 is 10.1 Å². The number of ether oxygens (including phenoxy) is 1. The van der Waals surface area contributed by atoms with Crippen molar-refractivity contribution in [1.82, 2.24) is 5.32 Å². The summed E-state index contributed by atoms with van der Waals surface area (Å²) in [5.74, 6) is 1.45. The van der Waals surface area contributed by atoms with Crippen LogP contribution in [0.5, 0.6) is 5.75 Å². The summed E-state index contributed by atoms with van der Waals surface area (Å²) >= 11 is 0. The largest absolute Gasteiger partial charge is 0.492 e. The van der Waals surface area contributed by atoms with Gasteiger partial charge in [-0.25, -0.2) is 4.79 Å². The summed E-state index contributed by atoms with van der Waals surface area (Å²) in [5.41, 5.74) is 0.283. The van der Waals surface area contributed by atoms with Crippen LogP contribution in [-0.2, 0) is 0 Å². The zero-order valence-electron chi connectivity index (χ0n) is 12.0. The summed E-state index contributed by atoms with van der Waals surface area (Å²) in [6.45, 7) is 4.83. The third kappa shape index (κ3) is 4.23. The number of carboxylic acid groups (broad SMARTS) is 1. The molecule has 2 rings (SSSR count). The summed E-state index contributed by atoms with van der Waals surface area (Å²) in [6, 6.07) is 6.52. The predicted molar refractivity (Wildman–Crippen MR) is 78.3 cm³/mol. The molecule has 0 aromatic heterocycles. The van der Waals surface area contributed by atoms with Gasteiger partial charge in [-0.15, -0.1) is 0 Å². The van der Waals surface area contributed by atoms with Gasteiger partial charge in [-0.2, -0.15) is 0 Å². The highest BCUT2D eigenvalue weighted by Gasteiger charge is 2.22. The zero-order valence-corrected chi connectivity index (χ0v) is 12.0.